The number of para-hydroxylation sites is 1. The van der Waals surface area contributed by atoms with E-state index in [1.165, 1.54) is 0 Å². The van der Waals surface area contributed by atoms with Crippen molar-refractivity contribution in [1.29, 1.82) is 5.26 Å². The second-order valence-corrected chi connectivity index (χ2v) is 5.34. The molecule has 0 radical (unpaired) electrons. The van der Waals surface area contributed by atoms with Crippen LogP contribution in [0, 0.1) is 25.2 Å². The van der Waals surface area contributed by atoms with Crippen LogP contribution in [0.1, 0.15) is 28.5 Å². The van der Waals surface area contributed by atoms with Crippen LogP contribution in [0.5, 0.6) is 5.75 Å². The van der Waals surface area contributed by atoms with Crippen molar-refractivity contribution in [3.05, 3.63) is 65.1 Å². The number of anilines is 1. The minimum absolute atomic E-state index is 0.156. The molecule has 122 valence electrons. The van der Waals surface area contributed by atoms with Gasteiger partial charge in [0.25, 0.3) is 0 Å². The molecule has 3 rings (SSSR count). The van der Waals surface area contributed by atoms with Crippen LogP contribution in [0.2, 0.25) is 0 Å². The van der Waals surface area contributed by atoms with Crippen molar-refractivity contribution in [2.45, 2.75) is 27.0 Å². The van der Waals surface area contributed by atoms with Gasteiger partial charge in [0.05, 0.1) is 12.8 Å². The number of rotatable bonds is 6. The molecule has 24 heavy (non-hydrogen) atoms. The minimum atomic E-state index is 0.156. The van der Waals surface area contributed by atoms with Gasteiger partial charge in [0, 0.05) is 0 Å². The molecule has 1 N–H and O–H groups in total. The molecule has 0 bridgehead atoms. The fraction of sp³-hybridized carbons (Fsp3) is 0.222. The maximum atomic E-state index is 9.19. The fourth-order valence-corrected chi connectivity index (χ4v) is 2.36. The van der Waals surface area contributed by atoms with E-state index < -0.39 is 0 Å². The van der Waals surface area contributed by atoms with E-state index in [4.69, 9.17) is 13.6 Å². The largest absolute Gasteiger partial charge is 0.483 e. The predicted molar refractivity (Wildman–Crippen MR) is 87.5 cm³/mol. The number of aryl methyl sites for hydroxylation is 2. The van der Waals surface area contributed by atoms with Crippen molar-refractivity contribution in [2.75, 3.05) is 5.32 Å². The number of nitriles is 1. The van der Waals surface area contributed by atoms with Gasteiger partial charge in [-0.3, -0.25) is 0 Å². The number of benzene rings is 1. The van der Waals surface area contributed by atoms with E-state index in [1.54, 1.807) is 12.3 Å². The molecule has 2 aromatic heterocycles. The first-order valence-electron chi connectivity index (χ1n) is 7.52. The standard InChI is InChI=1S/C18H17N3O3/c1-12-5-3-6-13(2)17(12)23-11-16-21-15(9-19)18(24-16)20-10-14-7-4-8-22-14/h3-8,20H,10-11H2,1-2H3. The minimum Gasteiger partial charge on any atom is -0.483 e. The summed E-state index contributed by atoms with van der Waals surface area (Å²) in [6.45, 7) is 4.53. The van der Waals surface area contributed by atoms with Gasteiger partial charge in [-0.25, -0.2) is 0 Å². The molecule has 0 amide bonds. The summed E-state index contributed by atoms with van der Waals surface area (Å²) in [5.74, 6) is 2.20. The maximum absolute atomic E-state index is 9.19. The molecule has 0 unspecified atom stereocenters. The number of aromatic nitrogens is 1. The summed E-state index contributed by atoms with van der Waals surface area (Å²) in [6.07, 6.45) is 1.59. The average Bonchev–Trinajstić information content (AvgIpc) is 3.21. The third kappa shape index (κ3) is 3.41. The third-order valence-corrected chi connectivity index (χ3v) is 3.53. The number of oxazole rings is 1. The van der Waals surface area contributed by atoms with Crippen LogP contribution >= 0.6 is 0 Å². The summed E-state index contributed by atoms with van der Waals surface area (Å²) in [5, 5.41) is 12.2. The first-order valence-corrected chi connectivity index (χ1v) is 7.52. The third-order valence-electron chi connectivity index (χ3n) is 3.53. The Balaban J connectivity index is 1.69. The van der Waals surface area contributed by atoms with Crippen molar-refractivity contribution in [3.63, 3.8) is 0 Å². The van der Waals surface area contributed by atoms with Gasteiger partial charge in [-0.15, -0.1) is 0 Å². The van der Waals surface area contributed by atoms with Crippen molar-refractivity contribution >= 4 is 5.88 Å². The Morgan fingerprint density at radius 3 is 2.67 bits per heavy atom. The molecule has 2 heterocycles. The SMILES string of the molecule is Cc1cccc(C)c1OCc1nc(C#N)c(NCc2ccco2)o1. The summed E-state index contributed by atoms with van der Waals surface area (Å²) < 4.78 is 16.6. The van der Waals surface area contributed by atoms with Gasteiger partial charge in [-0.1, -0.05) is 18.2 Å². The highest BCUT2D eigenvalue weighted by Gasteiger charge is 2.14. The number of nitrogens with one attached hydrogen (secondary N) is 1. The van der Waals surface area contributed by atoms with Gasteiger partial charge in [-0.05, 0) is 37.1 Å². The van der Waals surface area contributed by atoms with Gasteiger partial charge in [0.1, 0.15) is 17.6 Å². The van der Waals surface area contributed by atoms with Crippen LogP contribution in [0.4, 0.5) is 5.88 Å². The zero-order valence-electron chi connectivity index (χ0n) is 13.5. The van der Waals surface area contributed by atoms with Crippen molar-refractivity contribution in [2.24, 2.45) is 0 Å². The van der Waals surface area contributed by atoms with E-state index in [0.29, 0.717) is 18.3 Å². The molecular formula is C18H17N3O3. The number of furan rings is 1. The molecule has 6 heteroatoms. The predicted octanol–water partition coefficient (Wildman–Crippen LogP) is 3.95. The van der Waals surface area contributed by atoms with Gasteiger partial charge in [0.15, 0.2) is 6.61 Å². The highest BCUT2D eigenvalue weighted by atomic mass is 16.5. The quantitative estimate of drug-likeness (QED) is 0.739. The lowest BCUT2D eigenvalue weighted by Crippen LogP contribution is -1.99. The van der Waals surface area contributed by atoms with Gasteiger partial charge in [-0.2, -0.15) is 10.2 Å². The lowest BCUT2D eigenvalue weighted by atomic mass is 10.1. The van der Waals surface area contributed by atoms with Crippen LogP contribution in [0.15, 0.2) is 45.4 Å². The topological polar surface area (TPSA) is 84.2 Å². The van der Waals surface area contributed by atoms with Crippen LogP contribution in [0.3, 0.4) is 0 Å². The number of ether oxygens (including phenoxy) is 1. The Labute approximate surface area is 139 Å². The molecule has 1 aromatic carbocycles. The molecule has 0 aliphatic carbocycles. The number of hydrogen-bond acceptors (Lipinski definition) is 6. The summed E-state index contributed by atoms with van der Waals surface area (Å²) in [5.41, 5.74) is 2.28. The Morgan fingerprint density at radius 1 is 1.21 bits per heavy atom. The molecule has 0 aliphatic rings. The molecule has 0 atom stereocenters. The van der Waals surface area contributed by atoms with Gasteiger partial charge < -0.3 is 18.9 Å². The highest BCUT2D eigenvalue weighted by molar-refractivity contribution is 5.45. The second-order valence-electron chi connectivity index (χ2n) is 5.34. The van der Waals surface area contributed by atoms with E-state index in [-0.39, 0.29) is 12.3 Å². The van der Waals surface area contributed by atoms with E-state index in [1.807, 2.05) is 44.2 Å². The molecule has 3 aromatic rings. The Hall–Kier alpha value is -3.20. The Bertz CT molecular complexity index is 840. The summed E-state index contributed by atoms with van der Waals surface area (Å²) in [4.78, 5) is 4.16. The van der Waals surface area contributed by atoms with Crippen molar-refractivity contribution in [3.8, 4) is 11.8 Å². The molecular weight excluding hydrogens is 306 g/mol. The van der Waals surface area contributed by atoms with Gasteiger partial charge >= 0.3 is 0 Å². The van der Waals surface area contributed by atoms with Gasteiger partial charge in [0.2, 0.25) is 17.5 Å². The van der Waals surface area contributed by atoms with Crippen molar-refractivity contribution in [1.82, 2.24) is 4.98 Å². The van der Waals surface area contributed by atoms with E-state index in [9.17, 15) is 5.26 Å². The van der Waals surface area contributed by atoms with Crippen LogP contribution in [-0.4, -0.2) is 4.98 Å². The smallest absolute Gasteiger partial charge is 0.236 e. The Kier molecular flexibility index (Phi) is 4.52. The summed E-state index contributed by atoms with van der Waals surface area (Å²) >= 11 is 0. The van der Waals surface area contributed by atoms with E-state index >= 15 is 0 Å². The molecule has 0 aliphatic heterocycles. The van der Waals surface area contributed by atoms with Crippen LogP contribution < -0.4 is 10.1 Å². The van der Waals surface area contributed by atoms with Crippen molar-refractivity contribution < 1.29 is 13.6 Å². The maximum Gasteiger partial charge on any atom is 0.236 e. The average molecular weight is 323 g/mol. The normalized spacial score (nSPS) is 10.4. The fourth-order valence-electron chi connectivity index (χ4n) is 2.36. The number of nitrogens with zero attached hydrogens (tertiary/aromatic N) is 2. The lowest BCUT2D eigenvalue weighted by Gasteiger charge is -2.09. The summed E-state index contributed by atoms with van der Waals surface area (Å²) in [6, 6.07) is 11.6. The summed E-state index contributed by atoms with van der Waals surface area (Å²) in [7, 11) is 0. The van der Waals surface area contributed by atoms with E-state index in [0.717, 1.165) is 22.6 Å². The van der Waals surface area contributed by atoms with Crippen LogP contribution in [-0.2, 0) is 13.2 Å². The van der Waals surface area contributed by atoms with Crippen LogP contribution in [0.25, 0.3) is 0 Å². The Morgan fingerprint density at radius 2 is 2.00 bits per heavy atom. The highest BCUT2D eigenvalue weighted by Crippen LogP contribution is 2.24. The monoisotopic (exact) mass is 323 g/mol. The second kappa shape index (κ2) is 6.92. The first kappa shape index (κ1) is 15.7. The zero-order chi connectivity index (χ0) is 16.9. The molecule has 0 spiro atoms. The molecule has 0 saturated heterocycles. The molecule has 6 nitrogen and oxygen atoms in total. The number of hydrogen-bond donors (Lipinski definition) is 1. The lowest BCUT2D eigenvalue weighted by molar-refractivity contribution is 0.261. The molecule has 0 fully saturated rings. The molecule has 0 saturated carbocycles. The zero-order valence-corrected chi connectivity index (χ0v) is 13.5. The first-order chi connectivity index (χ1) is 11.7. The van der Waals surface area contributed by atoms with E-state index in [2.05, 4.69) is 10.3 Å².